The Labute approximate surface area is 181 Å². The summed E-state index contributed by atoms with van der Waals surface area (Å²) in [6, 6.07) is 9.58. The third-order valence-corrected chi connectivity index (χ3v) is 5.52. The number of nitrogens with one attached hydrogen (secondary N) is 4. The molecule has 1 saturated carbocycles. The summed E-state index contributed by atoms with van der Waals surface area (Å²) in [7, 11) is 0. The number of benzene rings is 2. The van der Waals surface area contributed by atoms with Gasteiger partial charge >= 0.3 is 12.2 Å². The first-order chi connectivity index (χ1) is 15.3. The van der Waals surface area contributed by atoms with Crippen LogP contribution in [0.2, 0.25) is 0 Å². The first-order valence-corrected chi connectivity index (χ1v) is 10.3. The van der Waals surface area contributed by atoms with E-state index in [9.17, 15) is 18.0 Å². The lowest BCUT2D eigenvalue weighted by Crippen LogP contribution is -2.19. The van der Waals surface area contributed by atoms with E-state index in [-0.39, 0.29) is 5.69 Å². The first kappa shape index (κ1) is 20.2. The van der Waals surface area contributed by atoms with E-state index in [1.165, 1.54) is 25.0 Å². The first-order valence-electron chi connectivity index (χ1n) is 10.3. The fourth-order valence-corrected chi connectivity index (χ4v) is 3.63. The summed E-state index contributed by atoms with van der Waals surface area (Å²) in [6.07, 6.45) is 2.55. The number of hydrogen-bond acceptors (Lipinski definition) is 2. The van der Waals surface area contributed by atoms with Crippen LogP contribution in [0.3, 0.4) is 0 Å². The number of nitrogens with zero attached hydrogens (tertiary/aromatic N) is 1. The molecule has 0 spiro atoms. The summed E-state index contributed by atoms with van der Waals surface area (Å²) in [5.41, 5.74) is 2.74. The number of anilines is 2. The van der Waals surface area contributed by atoms with Gasteiger partial charge in [0.1, 0.15) is 5.82 Å². The lowest BCUT2D eigenvalue weighted by atomic mass is 10.1. The van der Waals surface area contributed by atoms with Crippen molar-refractivity contribution >= 4 is 28.3 Å². The highest BCUT2D eigenvalue weighted by Gasteiger charge is 2.30. The molecule has 9 heteroatoms. The standard InChI is InChI=1S/C23H20F3N5O/c24-23(25,26)15-4-6-16(7-5-15)29-22(32)31-20-12-27-18-8-3-14(10-17(18)20)19-11-28-21(30-19)9-13-1-2-13/h3-8,10-13,27H,1-2,9H2,(H,28,30)(H2,29,31,32). The molecule has 5 rings (SSSR count). The molecular weight excluding hydrogens is 419 g/mol. The summed E-state index contributed by atoms with van der Waals surface area (Å²) in [6.45, 7) is 0. The summed E-state index contributed by atoms with van der Waals surface area (Å²) in [5.74, 6) is 1.71. The fourth-order valence-electron chi connectivity index (χ4n) is 3.63. The normalized spacial score (nSPS) is 14.0. The van der Waals surface area contributed by atoms with Gasteiger partial charge in [0.25, 0.3) is 0 Å². The highest BCUT2D eigenvalue weighted by atomic mass is 19.4. The van der Waals surface area contributed by atoms with Crippen molar-refractivity contribution in [1.82, 2.24) is 15.0 Å². The molecule has 0 saturated heterocycles. The number of alkyl halides is 3. The van der Waals surface area contributed by atoms with Gasteiger partial charge in [0.15, 0.2) is 0 Å². The molecular formula is C23H20F3N5O. The van der Waals surface area contributed by atoms with Gasteiger partial charge < -0.3 is 20.6 Å². The predicted octanol–water partition coefficient (Wildman–Crippen LogP) is 6.17. The molecule has 32 heavy (non-hydrogen) atoms. The Bertz CT molecular complexity index is 1270. The van der Waals surface area contributed by atoms with E-state index in [1.54, 1.807) is 6.20 Å². The molecule has 0 unspecified atom stereocenters. The molecule has 0 bridgehead atoms. The molecule has 2 aromatic carbocycles. The number of amides is 2. The second-order valence-corrected chi connectivity index (χ2v) is 8.01. The van der Waals surface area contributed by atoms with E-state index in [1.807, 2.05) is 24.4 Å². The van der Waals surface area contributed by atoms with Crippen molar-refractivity contribution in [2.24, 2.45) is 5.92 Å². The Kier molecular flexibility index (Phi) is 4.88. The van der Waals surface area contributed by atoms with E-state index in [0.29, 0.717) is 5.69 Å². The summed E-state index contributed by atoms with van der Waals surface area (Å²) >= 11 is 0. The maximum absolute atomic E-state index is 12.7. The van der Waals surface area contributed by atoms with Crippen LogP contribution in [0.15, 0.2) is 54.9 Å². The fraction of sp³-hybridized carbons (Fsp3) is 0.217. The summed E-state index contributed by atoms with van der Waals surface area (Å²) < 4.78 is 38.1. The van der Waals surface area contributed by atoms with Gasteiger partial charge in [-0.15, -0.1) is 0 Å². The lowest BCUT2D eigenvalue weighted by Gasteiger charge is -2.09. The lowest BCUT2D eigenvalue weighted by molar-refractivity contribution is -0.137. The molecule has 4 aromatic rings. The number of H-pyrrole nitrogens is 2. The van der Waals surface area contributed by atoms with Crippen molar-refractivity contribution in [2.45, 2.75) is 25.4 Å². The van der Waals surface area contributed by atoms with Crippen LogP contribution < -0.4 is 10.6 Å². The highest BCUT2D eigenvalue weighted by Crippen LogP contribution is 2.33. The summed E-state index contributed by atoms with van der Waals surface area (Å²) in [5, 5.41) is 6.11. The molecule has 2 heterocycles. The van der Waals surface area contributed by atoms with E-state index in [4.69, 9.17) is 0 Å². The Morgan fingerprint density at radius 1 is 1.09 bits per heavy atom. The van der Waals surface area contributed by atoms with E-state index in [0.717, 1.165) is 52.5 Å². The zero-order valence-electron chi connectivity index (χ0n) is 16.9. The van der Waals surface area contributed by atoms with Gasteiger partial charge in [0.05, 0.1) is 23.1 Å². The minimum atomic E-state index is -4.42. The van der Waals surface area contributed by atoms with E-state index >= 15 is 0 Å². The van der Waals surface area contributed by atoms with Gasteiger partial charge in [-0.1, -0.05) is 6.07 Å². The number of fused-ring (bicyclic) bond motifs is 1. The third kappa shape index (κ3) is 4.32. The highest BCUT2D eigenvalue weighted by molar-refractivity contribution is 6.06. The number of aromatic nitrogens is 3. The van der Waals surface area contributed by atoms with Gasteiger partial charge in [-0.05, 0) is 55.2 Å². The number of hydrogen-bond donors (Lipinski definition) is 4. The molecule has 0 aliphatic heterocycles. The second kappa shape index (κ2) is 7.74. The molecule has 0 atom stereocenters. The number of halogens is 3. The average Bonchev–Trinajstić information content (AvgIpc) is 3.29. The Morgan fingerprint density at radius 3 is 2.59 bits per heavy atom. The van der Waals surface area contributed by atoms with Crippen LogP contribution in [0.4, 0.5) is 29.3 Å². The Balaban J connectivity index is 1.31. The monoisotopic (exact) mass is 439 g/mol. The third-order valence-electron chi connectivity index (χ3n) is 5.52. The molecule has 4 N–H and O–H groups in total. The number of imidazole rings is 1. The van der Waals surface area contributed by atoms with Crippen molar-refractivity contribution in [1.29, 1.82) is 0 Å². The number of carbonyl (C=O) groups excluding carboxylic acids is 1. The molecule has 2 aromatic heterocycles. The number of urea groups is 1. The Morgan fingerprint density at radius 2 is 1.88 bits per heavy atom. The zero-order valence-corrected chi connectivity index (χ0v) is 16.9. The van der Waals surface area contributed by atoms with E-state index in [2.05, 4.69) is 25.6 Å². The maximum atomic E-state index is 12.7. The number of carbonyl (C=O) groups is 1. The maximum Gasteiger partial charge on any atom is 0.416 e. The van der Waals surface area contributed by atoms with Crippen LogP contribution in [0.5, 0.6) is 0 Å². The molecule has 1 fully saturated rings. The zero-order chi connectivity index (χ0) is 22.3. The molecule has 1 aliphatic carbocycles. The van der Waals surface area contributed by atoms with Crippen LogP contribution in [-0.4, -0.2) is 21.0 Å². The molecule has 2 amide bonds. The van der Waals surface area contributed by atoms with Crippen LogP contribution >= 0.6 is 0 Å². The number of aromatic amines is 2. The predicted molar refractivity (Wildman–Crippen MR) is 116 cm³/mol. The SMILES string of the molecule is O=C(Nc1ccc(C(F)(F)F)cc1)Nc1c[nH]c2ccc(-c3cnc(CC4CC4)[nH]3)cc12. The smallest absolute Gasteiger partial charge is 0.359 e. The van der Waals surface area contributed by atoms with Crippen LogP contribution in [-0.2, 0) is 12.6 Å². The Hall–Kier alpha value is -3.75. The number of rotatable bonds is 5. The van der Waals surface area contributed by atoms with Gasteiger partial charge in [0, 0.05) is 34.8 Å². The summed E-state index contributed by atoms with van der Waals surface area (Å²) in [4.78, 5) is 23.3. The average molecular weight is 439 g/mol. The van der Waals surface area contributed by atoms with Crippen LogP contribution in [0, 0.1) is 5.92 Å². The van der Waals surface area contributed by atoms with E-state index < -0.39 is 17.8 Å². The van der Waals surface area contributed by atoms with Crippen molar-refractivity contribution in [2.75, 3.05) is 10.6 Å². The minimum Gasteiger partial charge on any atom is -0.359 e. The van der Waals surface area contributed by atoms with Crippen molar-refractivity contribution in [3.8, 4) is 11.3 Å². The largest absolute Gasteiger partial charge is 0.416 e. The molecule has 0 radical (unpaired) electrons. The van der Waals surface area contributed by atoms with Gasteiger partial charge in [-0.2, -0.15) is 13.2 Å². The van der Waals surface area contributed by atoms with Crippen molar-refractivity contribution < 1.29 is 18.0 Å². The molecule has 164 valence electrons. The van der Waals surface area contributed by atoms with Gasteiger partial charge in [-0.3, -0.25) is 0 Å². The van der Waals surface area contributed by atoms with Crippen molar-refractivity contribution in [3.63, 3.8) is 0 Å². The van der Waals surface area contributed by atoms with Gasteiger partial charge in [-0.25, -0.2) is 9.78 Å². The topological polar surface area (TPSA) is 85.6 Å². The second-order valence-electron chi connectivity index (χ2n) is 8.01. The molecule has 6 nitrogen and oxygen atoms in total. The minimum absolute atomic E-state index is 0.261. The van der Waals surface area contributed by atoms with Crippen LogP contribution in [0.1, 0.15) is 24.2 Å². The quantitative estimate of drug-likeness (QED) is 0.300. The van der Waals surface area contributed by atoms with Gasteiger partial charge in [0.2, 0.25) is 0 Å². The molecule has 1 aliphatic rings. The van der Waals surface area contributed by atoms with Crippen LogP contribution in [0.25, 0.3) is 22.2 Å². The van der Waals surface area contributed by atoms with Crippen molar-refractivity contribution in [3.05, 3.63) is 66.2 Å².